The second kappa shape index (κ2) is 10.9. The highest BCUT2D eigenvalue weighted by atomic mass is 35.5. The monoisotopic (exact) mass is 516 g/mol. The molecule has 0 radical (unpaired) electrons. The van der Waals surface area contributed by atoms with Crippen molar-refractivity contribution in [1.82, 2.24) is 14.2 Å². The van der Waals surface area contributed by atoms with Gasteiger partial charge < -0.3 is 0 Å². The van der Waals surface area contributed by atoms with Crippen LogP contribution >= 0.6 is 46.5 Å². The van der Waals surface area contributed by atoms with Crippen LogP contribution in [-0.4, -0.2) is 39.2 Å². The van der Waals surface area contributed by atoms with Gasteiger partial charge in [0.1, 0.15) is 0 Å². The van der Waals surface area contributed by atoms with Crippen molar-refractivity contribution in [2.75, 3.05) is 13.1 Å². The van der Waals surface area contributed by atoms with Gasteiger partial charge in [0.05, 0.1) is 27.4 Å². The molecule has 0 bridgehead atoms. The number of halogens is 2. The maximum atomic E-state index is 12.4. The first-order valence-corrected chi connectivity index (χ1v) is 12.9. The first-order chi connectivity index (χ1) is 15.9. The topological polar surface area (TPSA) is 60.2 Å². The highest BCUT2D eigenvalue weighted by Gasteiger charge is 2.28. The van der Waals surface area contributed by atoms with Gasteiger partial charge in [-0.25, -0.2) is 4.98 Å². The molecule has 1 aromatic heterocycles. The molecule has 33 heavy (non-hydrogen) atoms. The van der Waals surface area contributed by atoms with Crippen LogP contribution in [0.5, 0.6) is 0 Å². The van der Waals surface area contributed by atoms with Gasteiger partial charge in [0.2, 0.25) is 5.91 Å². The molecule has 5 nitrogen and oxygen atoms in total. The third kappa shape index (κ3) is 6.08. The standard InChI is InChI=1S/C24H22Cl2N4OS2/c1-16(31)30(33-24-28-23(15-32-24)19-5-2-17(13-27)3-6-19)20-8-10-29(11-9-20)14-18-4-7-21(25)22(26)12-18/h2-7,12,15,20H,8-11,14H2,1H3. The van der Waals surface area contributed by atoms with E-state index in [9.17, 15) is 4.79 Å². The van der Waals surface area contributed by atoms with Gasteiger partial charge in [-0.15, -0.1) is 11.3 Å². The van der Waals surface area contributed by atoms with E-state index in [0.29, 0.717) is 15.6 Å². The number of amides is 1. The smallest absolute Gasteiger partial charge is 0.229 e. The quantitative estimate of drug-likeness (QED) is 0.349. The van der Waals surface area contributed by atoms with Crippen molar-refractivity contribution in [2.45, 2.75) is 36.7 Å². The number of carbonyl (C=O) groups is 1. The SMILES string of the molecule is CC(=O)N(Sc1nc(-c2ccc(C#N)cc2)cs1)C1CCN(Cc2ccc(Cl)c(Cl)c2)CC1. The summed E-state index contributed by atoms with van der Waals surface area (Å²) in [6.07, 6.45) is 1.81. The van der Waals surface area contributed by atoms with Crippen LogP contribution < -0.4 is 0 Å². The van der Waals surface area contributed by atoms with E-state index in [-0.39, 0.29) is 11.9 Å². The number of nitrogens with zero attached hydrogens (tertiary/aromatic N) is 4. The van der Waals surface area contributed by atoms with Crippen LogP contribution in [0.15, 0.2) is 52.2 Å². The maximum Gasteiger partial charge on any atom is 0.229 e. The Labute approximate surface area is 212 Å². The Kier molecular flexibility index (Phi) is 7.94. The number of hydrogen-bond acceptors (Lipinski definition) is 6. The molecular formula is C24H22Cl2N4OS2. The number of piperidine rings is 1. The minimum atomic E-state index is 0.0399. The summed E-state index contributed by atoms with van der Waals surface area (Å²) in [5.74, 6) is 0.0399. The number of aromatic nitrogens is 1. The number of benzene rings is 2. The second-order valence-electron chi connectivity index (χ2n) is 7.88. The van der Waals surface area contributed by atoms with Gasteiger partial charge in [-0.3, -0.25) is 14.0 Å². The molecule has 1 aliphatic rings. The molecule has 2 heterocycles. The lowest BCUT2D eigenvalue weighted by molar-refractivity contribution is -0.125. The van der Waals surface area contributed by atoms with Gasteiger partial charge in [0, 0.05) is 55.5 Å². The number of nitriles is 1. The van der Waals surface area contributed by atoms with Crippen LogP contribution in [-0.2, 0) is 11.3 Å². The van der Waals surface area contributed by atoms with E-state index >= 15 is 0 Å². The van der Waals surface area contributed by atoms with E-state index < -0.39 is 0 Å². The summed E-state index contributed by atoms with van der Waals surface area (Å²) in [5, 5.41) is 12.1. The average Bonchev–Trinajstić information content (AvgIpc) is 3.29. The van der Waals surface area contributed by atoms with Crippen molar-refractivity contribution in [3.63, 3.8) is 0 Å². The largest absolute Gasteiger partial charge is 0.299 e. The van der Waals surface area contributed by atoms with Crippen LogP contribution in [0.4, 0.5) is 0 Å². The predicted molar refractivity (Wildman–Crippen MR) is 135 cm³/mol. The van der Waals surface area contributed by atoms with Crippen molar-refractivity contribution in [2.24, 2.45) is 0 Å². The molecule has 3 aromatic rings. The van der Waals surface area contributed by atoms with Gasteiger partial charge in [0.15, 0.2) is 4.34 Å². The van der Waals surface area contributed by atoms with Crippen LogP contribution in [0.3, 0.4) is 0 Å². The van der Waals surface area contributed by atoms with E-state index in [1.54, 1.807) is 19.1 Å². The fourth-order valence-electron chi connectivity index (χ4n) is 3.84. The van der Waals surface area contributed by atoms with Gasteiger partial charge in [-0.1, -0.05) is 41.4 Å². The molecule has 1 saturated heterocycles. The molecular weight excluding hydrogens is 495 g/mol. The van der Waals surface area contributed by atoms with E-state index in [1.807, 2.05) is 40.0 Å². The molecule has 9 heteroatoms. The lowest BCUT2D eigenvalue weighted by Crippen LogP contribution is -2.43. The van der Waals surface area contributed by atoms with E-state index in [0.717, 1.165) is 53.6 Å². The fraction of sp³-hybridized carbons (Fsp3) is 0.292. The normalized spacial score (nSPS) is 14.7. The Morgan fingerprint density at radius 2 is 1.94 bits per heavy atom. The molecule has 0 N–H and O–H groups in total. The summed E-state index contributed by atoms with van der Waals surface area (Å²) >= 11 is 15.1. The second-order valence-corrected chi connectivity index (χ2v) is 10.8. The molecule has 0 atom stereocenters. The van der Waals surface area contributed by atoms with Crippen molar-refractivity contribution < 1.29 is 4.79 Å². The lowest BCUT2D eigenvalue weighted by Gasteiger charge is -2.37. The molecule has 0 saturated carbocycles. The summed E-state index contributed by atoms with van der Waals surface area (Å²) in [6.45, 7) is 4.24. The first-order valence-electron chi connectivity index (χ1n) is 10.5. The number of hydrogen-bond donors (Lipinski definition) is 0. The number of thiazole rings is 1. The minimum absolute atomic E-state index is 0.0399. The molecule has 0 aliphatic carbocycles. The van der Waals surface area contributed by atoms with Gasteiger partial charge in [-0.2, -0.15) is 5.26 Å². The molecule has 1 aliphatic heterocycles. The molecule has 170 valence electrons. The molecule has 0 spiro atoms. The summed E-state index contributed by atoms with van der Waals surface area (Å²) in [6, 6.07) is 15.4. The van der Waals surface area contributed by atoms with E-state index in [4.69, 9.17) is 33.4 Å². The molecule has 2 aromatic carbocycles. The number of rotatable bonds is 6. The molecule has 1 amide bonds. The van der Waals surface area contributed by atoms with Crippen LogP contribution in [0.25, 0.3) is 11.3 Å². The number of carbonyl (C=O) groups excluding carboxylic acids is 1. The zero-order valence-electron chi connectivity index (χ0n) is 18.0. The highest BCUT2D eigenvalue weighted by molar-refractivity contribution is 7.99. The third-order valence-corrected chi connectivity index (χ3v) is 8.44. The van der Waals surface area contributed by atoms with Crippen molar-refractivity contribution in [3.8, 4) is 17.3 Å². The highest BCUT2D eigenvalue weighted by Crippen LogP contribution is 2.34. The minimum Gasteiger partial charge on any atom is -0.299 e. The summed E-state index contributed by atoms with van der Waals surface area (Å²) in [4.78, 5) is 19.5. The van der Waals surface area contributed by atoms with E-state index in [1.165, 1.54) is 23.3 Å². The van der Waals surface area contributed by atoms with Crippen LogP contribution in [0.1, 0.15) is 30.9 Å². The third-order valence-electron chi connectivity index (χ3n) is 5.56. The zero-order chi connectivity index (χ0) is 23.4. The Morgan fingerprint density at radius 1 is 1.21 bits per heavy atom. The van der Waals surface area contributed by atoms with Gasteiger partial charge in [-0.05, 0) is 42.7 Å². The van der Waals surface area contributed by atoms with Gasteiger partial charge in [0.25, 0.3) is 0 Å². The molecule has 4 rings (SSSR count). The van der Waals surface area contributed by atoms with Crippen molar-refractivity contribution in [1.29, 1.82) is 5.26 Å². The lowest BCUT2D eigenvalue weighted by atomic mass is 10.0. The van der Waals surface area contributed by atoms with E-state index in [2.05, 4.69) is 11.0 Å². The Morgan fingerprint density at radius 3 is 2.58 bits per heavy atom. The van der Waals surface area contributed by atoms with Crippen LogP contribution in [0, 0.1) is 11.3 Å². The van der Waals surface area contributed by atoms with Crippen molar-refractivity contribution >= 4 is 52.4 Å². The number of likely N-dealkylation sites (tertiary alicyclic amines) is 1. The Balaban J connectivity index is 1.36. The molecule has 0 unspecified atom stereocenters. The zero-order valence-corrected chi connectivity index (χ0v) is 21.1. The summed E-state index contributed by atoms with van der Waals surface area (Å²) < 4.78 is 2.71. The predicted octanol–water partition coefficient (Wildman–Crippen LogP) is 6.51. The summed E-state index contributed by atoms with van der Waals surface area (Å²) in [5.41, 5.74) is 3.57. The first kappa shape index (κ1) is 24.1. The summed E-state index contributed by atoms with van der Waals surface area (Å²) in [7, 11) is 0. The fourth-order valence-corrected chi connectivity index (χ4v) is 6.06. The van der Waals surface area contributed by atoms with Crippen molar-refractivity contribution in [3.05, 3.63) is 69.0 Å². The van der Waals surface area contributed by atoms with Crippen LogP contribution in [0.2, 0.25) is 10.0 Å². The Hall–Kier alpha value is -2.08. The maximum absolute atomic E-state index is 12.4. The van der Waals surface area contributed by atoms with Gasteiger partial charge >= 0.3 is 0 Å². The Bertz CT molecular complexity index is 1170. The average molecular weight is 518 g/mol. The molecule has 1 fully saturated rings.